The number of hydrogen-bond acceptors (Lipinski definition) is 5. The van der Waals surface area contributed by atoms with Crippen molar-refractivity contribution in [2.75, 3.05) is 18.1 Å². The lowest BCUT2D eigenvalue weighted by Crippen LogP contribution is -2.41. The van der Waals surface area contributed by atoms with Gasteiger partial charge in [0.25, 0.3) is 5.91 Å². The summed E-state index contributed by atoms with van der Waals surface area (Å²) in [5.74, 6) is 2.44. The highest BCUT2D eigenvalue weighted by atomic mass is 32.2. The smallest absolute Gasteiger partial charge is 0.254 e. The lowest BCUT2D eigenvalue weighted by molar-refractivity contribution is 0.0669. The minimum absolute atomic E-state index is 0.0400. The molecule has 3 heterocycles. The molecule has 0 N–H and O–H groups in total. The molecule has 0 aromatic heterocycles. The third-order valence-corrected chi connectivity index (χ3v) is 8.01. The number of carbonyl (C=O) groups excluding carboxylic acids is 1. The van der Waals surface area contributed by atoms with Crippen LogP contribution in [0.5, 0.6) is 0 Å². The number of benzene rings is 1. The van der Waals surface area contributed by atoms with Gasteiger partial charge < -0.3 is 4.90 Å². The predicted octanol–water partition coefficient (Wildman–Crippen LogP) is 3.55. The molecule has 2 fully saturated rings. The van der Waals surface area contributed by atoms with Gasteiger partial charge in [-0.1, -0.05) is 6.07 Å². The van der Waals surface area contributed by atoms with Gasteiger partial charge in [-0.25, -0.2) is 0 Å². The Morgan fingerprint density at radius 1 is 1.30 bits per heavy atom. The van der Waals surface area contributed by atoms with Crippen molar-refractivity contribution in [3.8, 4) is 0 Å². The second-order valence-electron chi connectivity index (χ2n) is 5.41. The van der Waals surface area contributed by atoms with Gasteiger partial charge in [0.05, 0.1) is 10.1 Å². The van der Waals surface area contributed by atoms with Crippen molar-refractivity contribution >= 4 is 35.1 Å². The third kappa shape index (κ3) is 1.67. The summed E-state index contributed by atoms with van der Waals surface area (Å²) in [4.78, 5) is 25.5. The number of hydrogen-bond donors (Lipinski definition) is 0. The van der Waals surface area contributed by atoms with E-state index in [9.17, 15) is 9.70 Å². The quantitative estimate of drug-likeness (QED) is 0.745. The van der Waals surface area contributed by atoms with Crippen molar-refractivity contribution in [1.82, 2.24) is 4.90 Å². The molecule has 3 aliphatic rings. The van der Waals surface area contributed by atoms with E-state index in [0.717, 1.165) is 24.9 Å². The summed E-state index contributed by atoms with van der Waals surface area (Å²) >= 11 is 4.04. The third-order valence-electron chi connectivity index (χ3n) is 4.43. The highest BCUT2D eigenvalue weighted by Crippen LogP contribution is 2.57. The second kappa shape index (κ2) is 4.49. The van der Waals surface area contributed by atoms with Gasteiger partial charge in [0.1, 0.15) is 5.69 Å². The zero-order chi connectivity index (χ0) is 13.7. The largest absolute Gasteiger partial charge is 0.331 e. The molecular weight excluding hydrogens is 292 g/mol. The molecule has 104 valence electrons. The lowest BCUT2D eigenvalue weighted by atomic mass is 9.95. The normalized spacial score (nSPS) is 26.7. The van der Waals surface area contributed by atoms with E-state index in [1.54, 1.807) is 12.1 Å². The van der Waals surface area contributed by atoms with Crippen molar-refractivity contribution in [2.24, 2.45) is 5.18 Å². The van der Waals surface area contributed by atoms with Gasteiger partial charge in [0, 0.05) is 29.2 Å². The van der Waals surface area contributed by atoms with Gasteiger partial charge in [-0.05, 0) is 30.2 Å². The van der Waals surface area contributed by atoms with Crippen LogP contribution in [0.15, 0.2) is 23.4 Å². The van der Waals surface area contributed by atoms with Crippen molar-refractivity contribution in [1.29, 1.82) is 0 Å². The van der Waals surface area contributed by atoms with E-state index in [2.05, 4.69) is 5.18 Å². The fraction of sp³-hybridized carbons (Fsp3) is 0.500. The minimum Gasteiger partial charge on any atom is -0.331 e. The lowest BCUT2D eigenvalue weighted by Gasteiger charge is -2.41. The first-order chi connectivity index (χ1) is 9.74. The number of nitroso groups, excluding NO2 is 1. The van der Waals surface area contributed by atoms with E-state index in [1.807, 2.05) is 34.5 Å². The first-order valence-corrected chi connectivity index (χ1v) is 8.76. The minimum atomic E-state index is 0.0400. The molecular formula is C14H14N2O2S2. The summed E-state index contributed by atoms with van der Waals surface area (Å²) in [7, 11) is 0. The number of thioether (sulfide) groups is 2. The maximum atomic E-state index is 12.5. The fourth-order valence-corrected chi connectivity index (χ4v) is 6.80. The van der Waals surface area contributed by atoms with Gasteiger partial charge in [0.15, 0.2) is 0 Å². The van der Waals surface area contributed by atoms with Crippen LogP contribution >= 0.6 is 23.5 Å². The number of piperidine rings is 1. The Hall–Kier alpha value is -1.01. The molecule has 2 saturated heterocycles. The first-order valence-electron chi connectivity index (χ1n) is 6.79. The molecule has 0 bridgehead atoms. The molecule has 1 unspecified atom stereocenters. The van der Waals surface area contributed by atoms with E-state index in [0.29, 0.717) is 11.3 Å². The number of rotatable bonds is 1. The number of carbonyl (C=O) groups is 1. The highest BCUT2D eigenvalue weighted by Gasteiger charge is 2.49. The summed E-state index contributed by atoms with van der Waals surface area (Å²) in [5.41, 5.74) is 1.98. The van der Waals surface area contributed by atoms with Gasteiger partial charge in [-0.2, -0.15) is 0 Å². The number of nitrogens with zero attached hydrogens (tertiary/aromatic N) is 2. The van der Waals surface area contributed by atoms with E-state index < -0.39 is 0 Å². The second-order valence-corrected chi connectivity index (χ2v) is 8.62. The molecule has 4 nitrogen and oxygen atoms in total. The molecule has 3 aliphatic heterocycles. The van der Waals surface area contributed by atoms with E-state index in [4.69, 9.17) is 0 Å². The van der Waals surface area contributed by atoms with E-state index >= 15 is 0 Å². The molecule has 1 aromatic carbocycles. The zero-order valence-electron chi connectivity index (χ0n) is 10.9. The van der Waals surface area contributed by atoms with Gasteiger partial charge in [-0.3, -0.25) is 4.79 Å². The highest BCUT2D eigenvalue weighted by molar-refractivity contribution is 8.21. The van der Waals surface area contributed by atoms with Crippen LogP contribution < -0.4 is 0 Å². The first kappa shape index (κ1) is 12.7. The number of amides is 1. The Morgan fingerprint density at radius 2 is 2.10 bits per heavy atom. The summed E-state index contributed by atoms with van der Waals surface area (Å²) < 4.78 is 0.235. The Kier molecular flexibility index (Phi) is 2.86. The van der Waals surface area contributed by atoms with Crippen LogP contribution in [-0.2, 0) is 0 Å². The molecule has 20 heavy (non-hydrogen) atoms. The Balaban J connectivity index is 1.79. The zero-order valence-corrected chi connectivity index (χ0v) is 12.5. The molecule has 1 aromatic rings. The number of fused-ring (bicyclic) bond motifs is 3. The average Bonchev–Trinajstić information content (AvgIpc) is 3.04. The molecule has 1 amide bonds. The van der Waals surface area contributed by atoms with Crippen LogP contribution in [-0.4, -0.2) is 32.9 Å². The maximum absolute atomic E-state index is 12.5. The van der Waals surface area contributed by atoms with Crippen molar-refractivity contribution in [2.45, 2.75) is 23.0 Å². The van der Waals surface area contributed by atoms with Crippen molar-refractivity contribution in [3.05, 3.63) is 34.2 Å². The molecule has 1 atom stereocenters. The summed E-state index contributed by atoms with van der Waals surface area (Å²) in [6.07, 6.45) is 1.98. The van der Waals surface area contributed by atoms with Crippen LogP contribution in [0.1, 0.15) is 34.8 Å². The van der Waals surface area contributed by atoms with Gasteiger partial charge >= 0.3 is 0 Å². The van der Waals surface area contributed by atoms with E-state index in [1.165, 1.54) is 11.5 Å². The standard InChI is InChI=1S/C14H14N2O2S2/c17-13-9-2-1-3-10(15-18)12(9)11-8-14(4-5-16(11)13)19-6-7-20-14/h1-3,11H,4-8H2. The molecule has 0 radical (unpaired) electrons. The average molecular weight is 306 g/mol. The van der Waals surface area contributed by atoms with Crippen molar-refractivity contribution < 1.29 is 4.79 Å². The predicted molar refractivity (Wildman–Crippen MR) is 82.6 cm³/mol. The van der Waals surface area contributed by atoms with Crippen LogP contribution in [0.25, 0.3) is 0 Å². The Labute approximate surface area is 125 Å². The monoisotopic (exact) mass is 306 g/mol. The summed E-state index contributed by atoms with van der Waals surface area (Å²) in [6.45, 7) is 0.788. The molecule has 0 aliphatic carbocycles. The molecule has 6 heteroatoms. The topological polar surface area (TPSA) is 49.7 Å². The molecule has 0 saturated carbocycles. The fourth-order valence-electron chi connectivity index (χ4n) is 3.54. The maximum Gasteiger partial charge on any atom is 0.254 e. The van der Waals surface area contributed by atoms with E-state index in [-0.39, 0.29) is 16.0 Å². The Bertz CT molecular complexity index is 599. The van der Waals surface area contributed by atoms with Crippen LogP contribution in [0.4, 0.5) is 5.69 Å². The van der Waals surface area contributed by atoms with Crippen LogP contribution in [0.2, 0.25) is 0 Å². The van der Waals surface area contributed by atoms with Crippen LogP contribution in [0, 0.1) is 4.91 Å². The summed E-state index contributed by atoms with van der Waals surface area (Å²) in [5, 5.41) is 3.14. The molecule has 1 spiro atoms. The van der Waals surface area contributed by atoms with Crippen LogP contribution in [0.3, 0.4) is 0 Å². The molecule has 4 rings (SSSR count). The summed E-state index contributed by atoms with van der Waals surface area (Å²) in [6, 6.07) is 5.34. The SMILES string of the molecule is O=Nc1cccc2c1C1CC3(CCN1C2=O)SCCS3. The van der Waals surface area contributed by atoms with Gasteiger partial charge in [-0.15, -0.1) is 28.4 Å². The Morgan fingerprint density at radius 3 is 2.85 bits per heavy atom. The van der Waals surface area contributed by atoms with Crippen molar-refractivity contribution in [3.63, 3.8) is 0 Å². The van der Waals surface area contributed by atoms with Gasteiger partial charge in [0.2, 0.25) is 0 Å².